The fraction of sp³-hybridized carbons (Fsp3) is 0.571. The van der Waals surface area contributed by atoms with Crippen LogP contribution >= 0.6 is 0 Å². The van der Waals surface area contributed by atoms with Crippen molar-refractivity contribution < 1.29 is 9.72 Å². The van der Waals surface area contributed by atoms with Crippen LogP contribution in [0.25, 0.3) is 0 Å². The van der Waals surface area contributed by atoms with E-state index >= 15 is 0 Å². The van der Waals surface area contributed by atoms with Gasteiger partial charge in [-0.3, -0.25) is 10.1 Å². The van der Waals surface area contributed by atoms with Gasteiger partial charge in [0.25, 0.3) is 0 Å². The molecular formula is C7H11NO3. The van der Waals surface area contributed by atoms with Crippen LogP contribution in [0.3, 0.4) is 0 Å². The van der Waals surface area contributed by atoms with Crippen molar-refractivity contribution in [3.63, 3.8) is 0 Å². The fourth-order valence-corrected chi connectivity index (χ4v) is 0.801. The van der Waals surface area contributed by atoms with E-state index in [9.17, 15) is 14.9 Å². The summed E-state index contributed by atoms with van der Waals surface area (Å²) in [5.74, 6) is -0.243. The number of carbonyl (C=O) groups excluding carboxylic acids is 1. The van der Waals surface area contributed by atoms with Crippen molar-refractivity contribution in [2.75, 3.05) is 6.54 Å². The van der Waals surface area contributed by atoms with Crippen LogP contribution in [0.5, 0.6) is 0 Å². The van der Waals surface area contributed by atoms with Gasteiger partial charge in [-0.25, -0.2) is 0 Å². The predicted octanol–water partition coefficient (Wildman–Crippen LogP) is 1.04. The Kier molecular flexibility index (Phi) is 4.98. The summed E-state index contributed by atoms with van der Waals surface area (Å²) in [4.78, 5) is 19.6. The zero-order valence-electron chi connectivity index (χ0n) is 6.40. The van der Waals surface area contributed by atoms with Gasteiger partial charge in [-0.05, 0) is 6.92 Å². The molecule has 0 saturated heterocycles. The quantitative estimate of drug-likeness (QED) is 0.259. The van der Waals surface area contributed by atoms with Crippen molar-refractivity contribution in [1.29, 1.82) is 0 Å². The van der Waals surface area contributed by atoms with Gasteiger partial charge >= 0.3 is 0 Å². The van der Waals surface area contributed by atoms with Crippen molar-refractivity contribution >= 4 is 6.29 Å². The zero-order valence-corrected chi connectivity index (χ0v) is 6.40. The molecule has 0 fully saturated rings. The molecule has 0 saturated carbocycles. The molecule has 11 heavy (non-hydrogen) atoms. The van der Waals surface area contributed by atoms with Crippen molar-refractivity contribution in [2.24, 2.45) is 5.92 Å². The number of hydrogen-bond acceptors (Lipinski definition) is 3. The Bertz CT molecular complexity index is 165. The standard InChI is InChI=1S/C7H11NO3/c1-2-3-7(4-5-9)6-8(10)11/h2-3,5,7H,4,6H2,1H3/b3-2+/t7-/m0/s1. The first-order chi connectivity index (χ1) is 5.20. The first-order valence-electron chi connectivity index (χ1n) is 3.39. The lowest BCUT2D eigenvalue weighted by Gasteiger charge is -2.00. The number of carbonyl (C=O) groups is 1. The minimum absolute atomic E-state index is 0.164. The molecule has 1 atom stereocenters. The Balaban J connectivity index is 3.87. The number of allylic oxidation sites excluding steroid dienone is 1. The molecule has 0 radical (unpaired) electrons. The SMILES string of the molecule is C/C=C/[C@@H](CC=O)C[N+](=O)[O-]. The van der Waals surface area contributed by atoms with E-state index in [4.69, 9.17) is 0 Å². The molecule has 62 valence electrons. The lowest BCUT2D eigenvalue weighted by molar-refractivity contribution is -0.485. The lowest BCUT2D eigenvalue weighted by atomic mass is 10.1. The predicted molar refractivity (Wildman–Crippen MR) is 40.8 cm³/mol. The maximum absolute atomic E-state index is 10.0. The number of aldehydes is 1. The summed E-state index contributed by atoms with van der Waals surface area (Å²) in [6.07, 6.45) is 4.33. The first kappa shape index (κ1) is 9.81. The van der Waals surface area contributed by atoms with Crippen LogP contribution in [-0.4, -0.2) is 17.8 Å². The highest BCUT2D eigenvalue weighted by Gasteiger charge is 2.09. The summed E-state index contributed by atoms with van der Waals surface area (Å²) < 4.78 is 0. The van der Waals surface area contributed by atoms with Crippen LogP contribution in [0.1, 0.15) is 13.3 Å². The van der Waals surface area contributed by atoms with Gasteiger partial charge in [0.2, 0.25) is 6.54 Å². The second-order valence-corrected chi connectivity index (χ2v) is 2.20. The Morgan fingerprint density at radius 3 is 2.64 bits per heavy atom. The van der Waals surface area contributed by atoms with E-state index in [2.05, 4.69) is 0 Å². The number of rotatable bonds is 5. The molecule has 0 aliphatic carbocycles. The molecule has 0 aliphatic heterocycles. The summed E-state index contributed by atoms with van der Waals surface area (Å²) in [6.45, 7) is 1.61. The summed E-state index contributed by atoms with van der Waals surface area (Å²) in [6, 6.07) is 0. The average molecular weight is 157 g/mol. The molecule has 0 aliphatic rings. The zero-order chi connectivity index (χ0) is 8.69. The van der Waals surface area contributed by atoms with Gasteiger partial charge in [0.1, 0.15) is 6.29 Å². The van der Waals surface area contributed by atoms with Crippen molar-refractivity contribution in [3.8, 4) is 0 Å². The maximum Gasteiger partial charge on any atom is 0.210 e. The number of nitrogens with zero attached hydrogens (tertiary/aromatic N) is 1. The number of hydrogen-bond donors (Lipinski definition) is 0. The van der Waals surface area contributed by atoms with Crippen LogP contribution in [0.2, 0.25) is 0 Å². The van der Waals surface area contributed by atoms with Crippen LogP contribution < -0.4 is 0 Å². The molecule has 0 aromatic heterocycles. The molecule has 0 aromatic rings. The van der Waals surface area contributed by atoms with E-state index in [1.807, 2.05) is 0 Å². The van der Waals surface area contributed by atoms with E-state index in [0.717, 1.165) is 0 Å². The van der Waals surface area contributed by atoms with Crippen molar-refractivity contribution in [3.05, 3.63) is 22.3 Å². The molecule has 0 rings (SSSR count). The van der Waals surface area contributed by atoms with E-state index in [1.165, 1.54) is 0 Å². The van der Waals surface area contributed by atoms with E-state index < -0.39 is 4.92 Å². The van der Waals surface area contributed by atoms with Crippen LogP contribution in [0.4, 0.5) is 0 Å². The molecule has 0 unspecified atom stereocenters. The Hall–Kier alpha value is -1.19. The molecule has 0 amide bonds. The molecule has 0 aromatic carbocycles. The molecule has 0 N–H and O–H groups in total. The van der Waals surface area contributed by atoms with Crippen LogP contribution in [-0.2, 0) is 4.79 Å². The molecular weight excluding hydrogens is 146 g/mol. The molecule has 0 heterocycles. The monoisotopic (exact) mass is 157 g/mol. The third-order valence-corrected chi connectivity index (χ3v) is 1.25. The summed E-state index contributed by atoms with van der Waals surface area (Å²) >= 11 is 0. The van der Waals surface area contributed by atoms with Crippen LogP contribution in [0, 0.1) is 16.0 Å². The second-order valence-electron chi connectivity index (χ2n) is 2.20. The van der Waals surface area contributed by atoms with Gasteiger partial charge in [0.15, 0.2) is 0 Å². The molecule has 4 nitrogen and oxygen atoms in total. The van der Waals surface area contributed by atoms with E-state index in [-0.39, 0.29) is 18.9 Å². The Morgan fingerprint density at radius 1 is 1.64 bits per heavy atom. The molecule has 0 spiro atoms. The molecule has 0 bridgehead atoms. The van der Waals surface area contributed by atoms with Crippen molar-refractivity contribution in [1.82, 2.24) is 0 Å². The molecule has 4 heteroatoms. The smallest absolute Gasteiger partial charge is 0.210 e. The van der Waals surface area contributed by atoms with Crippen molar-refractivity contribution in [2.45, 2.75) is 13.3 Å². The van der Waals surface area contributed by atoms with E-state index in [1.54, 1.807) is 19.1 Å². The third-order valence-electron chi connectivity index (χ3n) is 1.25. The highest BCUT2D eigenvalue weighted by atomic mass is 16.6. The summed E-state index contributed by atoms with van der Waals surface area (Å²) in [5, 5.41) is 10.0. The maximum atomic E-state index is 10.0. The minimum atomic E-state index is -0.409. The van der Waals surface area contributed by atoms with Gasteiger partial charge in [-0.2, -0.15) is 0 Å². The largest absolute Gasteiger partial charge is 0.303 e. The van der Waals surface area contributed by atoms with E-state index in [0.29, 0.717) is 6.29 Å². The normalized spacial score (nSPS) is 13.2. The highest BCUT2D eigenvalue weighted by Crippen LogP contribution is 2.02. The number of nitro groups is 1. The average Bonchev–Trinajstić information content (AvgIpc) is 1.87. The van der Waals surface area contributed by atoms with Gasteiger partial charge in [-0.1, -0.05) is 12.2 Å². The lowest BCUT2D eigenvalue weighted by Crippen LogP contribution is -2.12. The van der Waals surface area contributed by atoms with Gasteiger partial charge < -0.3 is 4.79 Å². The van der Waals surface area contributed by atoms with Gasteiger partial charge in [-0.15, -0.1) is 0 Å². The Labute approximate surface area is 65.1 Å². The summed E-state index contributed by atoms with van der Waals surface area (Å²) in [7, 11) is 0. The summed E-state index contributed by atoms with van der Waals surface area (Å²) in [5.41, 5.74) is 0. The second kappa shape index (κ2) is 5.58. The van der Waals surface area contributed by atoms with Gasteiger partial charge in [0, 0.05) is 17.3 Å². The minimum Gasteiger partial charge on any atom is -0.303 e. The first-order valence-corrected chi connectivity index (χ1v) is 3.39. The topological polar surface area (TPSA) is 60.2 Å². The van der Waals surface area contributed by atoms with Crippen LogP contribution in [0.15, 0.2) is 12.2 Å². The Morgan fingerprint density at radius 2 is 2.27 bits per heavy atom. The fourth-order valence-electron chi connectivity index (χ4n) is 0.801. The third kappa shape index (κ3) is 5.26. The highest BCUT2D eigenvalue weighted by molar-refractivity contribution is 5.50. The van der Waals surface area contributed by atoms with Gasteiger partial charge in [0.05, 0.1) is 0 Å².